The summed E-state index contributed by atoms with van der Waals surface area (Å²) in [5.74, 6) is -2.43. The molecule has 0 aromatic carbocycles. The fraction of sp³-hybridized carbons (Fsp3) is 0.532. The number of ether oxygens (including phenoxy) is 4. The van der Waals surface area contributed by atoms with Crippen LogP contribution in [-0.4, -0.2) is 82.3 Å². The molecule has 0 saturated heterocycles. The highest BCUT2D eigenvalue weighted by Crippen LogP contribution is 2.10. The molecular weight excluding hydrogens is 887 g/mol. The summed E-state index contributed by atoms with van der Waals surface area (Å²) in [4.78, 5) is 37.2. The van der Waals surface area contributed by atoms with Crippen molar-refractivity contribution in [2.45, 2.75) is 167 Å². The molecule has 0 spiro atoms. The molecule has 0 aliphatic carbocycles. The number of carboxylic acid groups (broad SMARTS) is 1. The van der Waals surface area contributed by atoms with E-state index in [1.165, 1.54) is 0 Å². The summed E-state index contributed by atoms with van der Waals surface area (Å²) in [6, 6.07) is 0. The number of esters is 2. The number of carboxylic acids is 1. The molecule has 0 heterocycles. The maximum atomic E-state index is 12.8. The van der Waals surface area contributed by atoms with Gasteiger partial charge in [-0.15, -0.1) is 0 Å². The topological polar surface area (TPSA) is 111 Å². The van der Waals surface area contributed by atoms with Crippen LogP contribution in [0.25, 0.3) is 0 Å². The minimum absolute atomic E-state index is 0.122. The minimum atomic E-state index is -1.65. The Labute approximate surface area is 432 Å². The number of aliphatic carboxylic acids is 1. The molecule has 71 heavy (non-hydrogen) atoms. The van der Waals surface area contributed by atoms with Gasteiger partial charge in [0.2, 0.25) is 0 Å². The second kappa shape index (κ2) is 51.3. The van der Waals surface area contributed by atoms with Gasteiger partial charge in [0.1, 0.15) is 13.2 Å². The Morgan fingerprint density at radius 2 is 0.775 bits per heavy atom. The Morgan fingerprint density at radius 1 is 0.423 bits per heavy atom. The van der Waals surface area contributed by atoms with Gasteiger partial charge in [-0.2, -0.15) is 0 Å². The molecule has 0 fully saturated rings. The lowest BCUT2D eigenvalue weighted by atomic mass is 10.1. The van der Waals surface area contributed by atoms with Gasteiger partial charge in [0.05, 0.1) is 40.3 Å². The molecule has 0 aliphatic heterocycles. The number of hydrogen-bond donors (Lipinski definition) is 0. The van der Waals surface area contributed by atoms with Crippen molar-refractivity contribution < 1.29 is 42.9 Å². The van der Waals surface area contributed by atoms with Crippen molar-refractivity contribution in [2.24, 2.45) is 0 Å². The van der Waals surface area contributed by atoms with Crippen LogP contribution in [0.1, 0.15) is 155 Å². The molecule has 0 saturated carbocycles. The van der Waals surface area contributed by atoms with Crippen molar-refractivity contribution in [3.05, 3.63) is 158 Å². The highest BCUT2D eigenvalue weighted by atomic mass is 16.7. The zero-order chi connectivity index (χ0) is 52.0. The number of unbranched alkanes of at least 4 members (excludes halogenated alkanes) is 5. The number of nitrogens with zero attached hydrogens (tertiary/aromatic N) is 1. The highest BCUT2D eigenvalue weighted by molar-refractivity contribution is 5.70. The monoisotopic (exact) mass is 982 g/mol. The maximum absolute atomic E-state index is 12.8. The van der Waals surface area contributed by atoms with E-state index in [-0.39, 0.29) is 32.7 Å². The molecule has 0 aliphatic rings. The standard InChI is InChI=1S/C62H95NO8/c1-6-8-10-12-14-16-18-20-22-24-26-28-30-32-34-36-38-40-42-44-46-48-50-52-59(64)69-56-58(57-70-62(61(66)67)68-55-54-63(3,4)5)71-60(65)53-51-49-47-45-43-41-39-37-35-33-31-29-27-25-23-21-19-17-15-13-11-9-7-2/h8-11,14-17,20-23,26-29,32-35,38-41,45,47,58,62H,6-7,12-13,18-19,24-25,30-31,36-37,42-44,46,48-57H2,1-5H3/b10-8-,11-9-,16-14-,17-15-,22-20-,23-21-,28-26-,29-27-,34-32-,35-33-,40-38-,41-39-,47-45-. The second-order valence-corrected chi connectivity index (χ2v) is 18.0. The number of quaternary nitrogens is 1. The van der Waals surface area contributed by atoms with Crippen molar-refractivity contribution >= 4 is 17.9 Å². The first-order chi connectivity index (χ1) is 34.6. The Morgan fingerprint density at radius 3 is 1.15 bits per heavy atom. The Hall–Kier alpha value is -5.09. The van der Waals surface area contributed by atoms with E-state index in [1.807, 2.05) is 27.2 Å². The molecule has 0 amide bonds. The summed E-state index contributed by atoms with van der Waals surface area (Å²) in [5, 5.41) is 11.8. The van der Waals surface area contributed by atoms with Crippen LogP contribution >= 0.6 is 0 Å². The maximum Gasteiger partial charge on any atom is 0.306 e. The molecule has 2 unspecified atom stereocenters. The van der Waals surface area contributed by atoms with Gasteiger partial charge in [0.15, 0.2) is 12.4 Å². The molecule has 0 aromatic rings. The summed E-state index contributed by atoms with van der Waals surface area (Å²) >= 11 is 0. The smallest absolute Gasteiger partial charge is 0.306 e. The van der Waals surface area contributed by atoms with Crippen molar-refractivity contribution in [1.29, 1.82) is 0 Å². The van der Waals surface area contributed by atoms with Gasteiger partial charge in [-0.1, -0.05) is 185 Å². The third kappa shape index (κ3) is 52.6. The average molecular weight is 982 g/mol. The molecular formula is C62H95NO8. The number of likely N-dealkylation sites (N-methyl/N-ethyl adjacent to an activating group) is 1. The summed E-state index contributed by atoms with van der Waals surface area (Å²) in [6.07, 6.45) is 72.9. The lowest BCUT2D eigenvalue weighted by Crippen LogP contribution is -2.44. The van der Waals surface area contributed by atoms with Crippen LogP contribution in [0.2, 0.25) is 0 Å². The first-order valence-corrected chi connectivity index (χ1v) is 26.6. The highest BCUT2D eigenvalue weighted by Gasteiger charge is 2.21. The fourth-order valence-corrected chi connectivity index (χ4v) is 6.23. The molecule has 0 bridgehead atoms. The van der Waals surface area contributed by atoms with E-state index in [2.05, 4.69) is 166 Å². The first kappa shape index (κ1) is 65.9. The van der Waals surface area contributed by atoms with Gasteiger partial charge in [-0.05, 0) is 116 Å². The van der Waals surface area contributed by atoms with E-state index in [0.29, 0.717) is 30.3 Å². The van der Waals surface area contributed by atoms with Crippen LogP contribution < -0.4 is 5.11 Å². The molecule has 2 atom stereocenters. The Kier molecular flexibility index (Phi) is 47.6. The molecule has 9 heteroatoms. The third-order valence-electron chi connectivity index (χ3n) is 10.3. The second-order valence-electron chi connectivity index (χ2n) is 18.0. The third-order valence-corrected chi connectivity index (χ3v) is 10.3. The average Bonchev–Trinajstić information content (AvgIpc) is 3.34. The molecule has 0 aromatic heterocycles. The van der Waals surface area contributed by atoms with Crippen LogP contribution in [0.15, 0.2) is 158 Å². The Balaban J connectivity index is 4.53. The SMILES string of the molecule is CC/C=C\C/C=C\C/C=C\C/C=C\C/C=C\C/C=C\C/C=C\CCCC(=O)OC(COC(=O)CCCCCC/C=C\C/C=C\C/C=C\C/C=C\C/C=C\C/C=C\CC)COC(OCC[N+](C)(C)C)C(=O)[O-]. The van der Waals surface area contributed by atoms with Crippen LogP contribution in [0.4, 0.5) is 0 Å². The zero-order valence-electron chi connectivity index (χ0n) is 44.8. The Bertz CT molecular complexity index is 1710. The summed E-state index contributed by atoms with van der Waals surface area (Å²) < 4.78 is 22.5. The largest absolute Gasteiger partial charge is 0.545 e. The summed E-state index contributed by atoms with van der Waals surface area (Å²) in [7, 11) is 5.87. The lowest BCUT2D eigenvalue weighted by molar-refractivity contribution is -0.870. The van der Waals surface area contributed by atoms with Gasteiger partial charge >= 0.3 is 11.9 Å². The van der Waals surface area contributed by atoms with Crippen molar-refractivity contribution in [3.63, 3.8) is 0 Å². The predicted octanol–water partition coefficient (Wildman–Crippen LogP) is 14.1. The van der Waals surface area contributed by atoms with Crippen LogP contribution in [-0.2, 0) is 33.3 Å². The summed E-state index contributed by atoms with van der Waals surface area (Å²) in [5.41, 5.74) is 0. The summed E-state index contributed by atoms with van der Waals surface area (Å²) in [6.45, 7) is 4.38. The van der Waals surface area contributed by atoms with E-state index in [0.717, 1.165) is 109 Å². The van der Waals surface area contributed by atoms with Crippen LogP contribution in [0.5, 0.6) is 0 Å². The molecule has 0 rings (SSSR count). The van der Waals surface area contributed by atoms with Crippen LogP contribution in [0.3, 0.4) is 0 Å². The van der Waals surface area contributed by atoms with E-state index < -0.39 is 30.3 Å². The van der Waals surface area contributed by atoms with Gasteiger partial charge < -0.3 is 33.3 Å². The number of allylic oxidation sites excluding steroid dienone is 26. The van der Waals surface area contributed by atoms with Gasteiger partial charge in [0, 0.05) is 12.8 Å². The van der Waals surface area contributed by atoms with Crippen molar-refractivity contribution in [2.75, 3.05) is 47.5 Å². The number of hydrogen-bond acceptors (Lipinski definition) is 8. The van der Waals surface area contributed by atoms with Gasteiger partial charge in [0.25, 0.3) is 0 Å². The van der Waals surface area contributed by atoms with Crippen molar-refractivity contribution in [3.8, 4) is 0 Å². The fourth-order valence-electron chi connectivity index (χ4n) is 6.23. The zero-order valence-corrected chi connectivity index (χ0v) is 44.8. The molecule has 0 N–H and O–H groups in total. The molecule has 9 nitrogen and oxygen atoms in total. The molecule has 396 valence electrons. The number of carbonyl (C=O) groups excluding carboxylic acids is 3. The lowest BCUT2D eigenvalue weighted by Gasteiger charge is -2.26. The van der Waals surface area contributed by atoms with E-state index in [9.17, 15) is 19.5 Å². The van der Waals surface area contributed by atoms with Crippen LogP contribution in [0, 0.1) is 0 Å². The minimum Gasteiger partial charge on any atom is -0.545 e. The van der Waals surface area contributed by atoms with E-state index in [1.54, 1.807) is 0 Å². The number of rotatable bonds is 46. The van der Waals surface area contributed by atoms with Crippen molar-refractivity contribution in [1.82, 2.24) is 0 Å². The van der Waals surface area contributed by atoms with Gasteiger partial charge in [-0.3, -0.25) is 9.59 Å². The van der Waals surface area contributed by atoms with E-state index >= 15 is 0 Å². The van der Waals surface area contributed by atoms with Gasteiger partial charge in [-0.25, -0.2) is 0 Å². The predicted molar refractivity (Wildman–Crippen MR) is 296 cm³/mol. The number of carbonyl (C=O) groups is 3. The quantitative estimate of drug-likeness (QED) is 0.0195. The van der Waals surface area contributed by atoms with E-state index in [4.69, 9.17) is 18.9 Å². The normalized spacial score (nSPS) is 14.1. The molecule has 0 radical (unpaired) electrons. The first-order valence-electron chi connectivity index (χ1n) is 26.6.